The number of carboxylic acid groups (broad SMARTS) is 1. The van der Waals surface area contributed by atoms with Gasteiger partial charge in [-0.3, -0.25) is 14.7 Å². The zero-order valence-electron chi connectivity index (χ0n) is 12.3. The Hall–Kier alpha value is -1.92. The predicted octanol–water partition coefficient (Wildman–Crippen LogP) is 1.38. The Morgan fingerprint density at radius 2 is 2.05 bits per heavy atom. The smallest absolute Gasteiger partial charge is 0.306 e. The SMILES string of the molecule is CCCc1nc(C(=O)NCC2CCC(C(=O)O)CC2)n[nH]1. The number of hydrogen-bond acceptors (Lipinski definition) is 4. The van der Waals surface area contributed by atoms with Crippen LogP contribution < -0.4 is 5.32 Å². The van der Waals surface area contributed by atoms with E-state index in [2.05, 4.69) is 20.5 Å². The largest absolute Gasteiger partial charge is 0.481 e. The van der Waals surface area contributed by atoms with Gasteiger partial charge >= 0.3 is 5.97 Å². The van der Waals surface area contributed by atoms with Crippen molar-refractivity contribution >= 4 is 11.9 Å². The molecule has 0 saturated heterocycles. The molecule has 1 amide bonds. The fourth-order valence-corrected chi connectivity index (χ4v) is 2.68. The Kier molecular flexibility index (Phi) is 5.30. The summed E-state index contributed by atoms with van der Waals surface area (Å²) < 4.78 is 0. The van der Waals surface area contributed by atoms with Crippen molar-refractivity contribution in [2.75, 3.05) is 6.54 Å². The minimum atomic E-state index is -0.707. The van der Waals surface area contributed by atoms with E-state index in [0.717, 1.165) is 31.5 Å². The number of amides is 1. The van der Waals surface area contributed by atoms with Crippen LogP contribution in [0.3, 0.4) is 0 Å². The fourth-order valence-electron chi connectivity index (χ4n) is 2.68. The first-order valence-corrected chi connectivity index (χ1v) is 7.52. The number of carbonyl (C=O) groups is 2. The van der Waals surface area contributed by atoms with Crippen LogP contribution in [0.1, 0.15) is 55.5 Å². The van der Waals surface area contributed by atoms with Crippen LogP contribution >= 0.6 is 0 Å². The van der Waals surface area contributed by atoms with Gasteiger partial charge in [-0.2, -0.15) is 0 Å². The second-order valence-electron chi connectivity index (χ2n) is 5.62. The standard InChI is InChI=1S/C14H22N4O3/c1-2-3-11-16-12(18-17-11)13(19)15-8-9-4-6-10(7-5-9)14(20)21/h9-10H,2-8H2,1H3,(H,15,19)(H,20,21)(H,16,17,18). The van der Waals surface area contributed by atoms with Gasteiger partial charge in [-0.15, -0.1) is 5.10 Å². The van der Waals surface area contributed by atoms with Crippen LogP contribution in [-0.2, 0) is 11.2 Å². The van der Waals surface area contributed by atoms with Crippen LogP contribution in [0.15, 0.2) is 0 Å². The van der Waals surface area contributed by atoms with Gasteiger partial charge in [0.25, 0.3) is 5.91 Å². The maximum Gasteiger partial charge on any atom is 0.306 e. The molecule has 0 aromatic carbocycles. The highest BCUT2D eigenvalue weighted by Crippen LogP contribution is 2.28. The normalized spacial score (nSPS) is 22.0. The molecular formula is C14H22N4O3. The number of rotatable bonds is 6. The van der Waals surface area contributed by atoms with Gasteiger partial charge in [-0.1, -0.05) is 6.92 Å². The molecule has 1 aromatic rings. The molecular weight excluding hydrogens is 272 g/mol. The van der Waals surface area contributed by atoms with Crippen molar-refractivity contribution in [3.05, 3.63) is 11.6 Å². The Morgan fingerprint density at radius 1 is 1.33 bits per heavy atom. The highest BCUT2D eigenvalue weighted by molar-refractivity contribution is 5.90. The number of nitrogens with zero attached hydrogens (tertiary/aromatic N) is 2. The maximum absolute atomic E-state index is 11.9. The molecule has 0 aliphatic heterocycles. The van der Waals surface area contributed by atoms with Crippen LogP contribution in [0.25, 0.3) is 0 Å². The molecule has 1 fully saturated rings. The summed E-state index contributed by atoms with van der Waals surface area (Å²) in [6, 6.07) is 0. The molecule has 0 bridgehead atoms. The van der Waals surface area contributed by atoms with Crippen LogP contribution in [-0.4, -0.2) is 38.7 Å². The third-order valence-electron chi connectivity index (χ3n) is 3.97. The van der Waals surface area contributed by atoms with Crippen molar-refractivity contribution in [1.29, 1.82) is 0 Å². The quantitative estimate of drug-likeness (QED) is 0.734. The lowest BCUT2D eigenvalue weighted by Gasteiger charge is -2.25. The second-order valence-corrected chi connectivity index (χ2v) is 5.62. The first-order valence-electron chi connectivity index (χ1n) is 7.52. The topological polar surface area (TPSA) is 108 Å². The summed E-state index contributed by atoms with van der Waals surface area (Å²) in [5.41, 5.74) is 0. The van der Waals surface area contributed by atoms with Gasteiger partial charge in [-0.05, 0) is 38.0 Å². The van der Waals surface area contributed by atoms with E-state index in [1.54, 1.807) is 0 Å². The van der Waals surface area contributed by atoms with Gasteiger partial charge in [0, 0.05) is 13.0 Å². The van der Waals surface area contributed by atoms with Crippen molar-refractivity contribution in [1.82, 2.24) is 20.5 Å². The lowest BCUT2D eigenvalue weighted by atomic mass is 9.82. The average molecular weight is 294 g/mol. The average Bonchev–Trinajstić information content (AvgIpc) is 2.94. The molecule has 1 aliphatic carbocycles. The van der Waals surface area contributed by atoms with Gasteiger partial charge in [-0.25, -0.2) is 4.98 Å². The summed E-state index contributed by atoms with van der Waals surface area (Å²) in [4.78, 5) is 26.9. The van der Waals surface area contributed by atoms with Crippen LogP contribution in [0.2, 0.25) is 0 Å². The van der Waals surface area contributed by atoms with Gasteiger partial charge < -0.3 is 10.4 Å². The Morgan fingerprint density at radius 3 is 2.67 bits per heavy atom. The second kappa shape index (κ2) is 7.19. The number of aromatic nitrogens is 3. The van der Waals surface area contributed by atoms with Crippen molar-refractivity contribution in [3.8, 4) is 0 Å². The molecule has 21 heavy (non-hydrogen) atoms. The summed E-state index contributed by atoms with van der Waals surface area (Å²) >= 11 is 0. The highest BCUT2D eigenvalue weighted by atomic mass is 16.4. The molecule has 116 valence electrons. The minimum absolute atomic E-state index is 0.178. The van der Waals surface area contributed by atoms with Crippen molar-refractivity contribution in [3.63, 3.8) is 0 Å². The van der Waals surface area contributed by atoms with E-state index in [4.69, 9.17) is 5.11 Å². The lowest BCUT2D eigenvalue weighted by molar-refractivity contribution is -0.143. The number of aliphatic carboxylic acids is 1. The molecule has 0 atom stereocenters. The molecule has 0 spiro atoms. The molecule has 1 aromatic heterocycles. The van der Waals surface area contributed by atoms with E-state index in [0.29, 0.717) is 25.3 Å². The summed E-state index contributed by atoms with van der Waals surface area (Å²) in [6.07, 6.45) is 4.79. The maximum atomic E-state index is 11.9. The Labute approximate surface area is 123 Å². The summed E-state index contributed by atoms with van der Waals surface area (Å²) in [7, 11) is 0. The third-order valence-corrected chi connectivity index (χ3v) is 3.97. The number of aromatic amines is 1. The molecule has 7 heteroatoms. The first kappa shape index (κ1) is 15.5. The van der Waals surface area contributed by atoms with Gasteiger partial charge in [0.1, 0.15) is 5.82 Å². The molecule has 0 radical (unpaired) electrons. The van der Waals surface area contributed by atoms with Crippen LogP contribution in [0.4, 0.5) is 0 Å². The molecule has 3 N–H and O–H groups in total. The number of aryl methyl sites for hydroxylation is 1. The Bertz CT molecular complexity index is 492. The van der Waals surface area contributed by atoms with E-state index in [9.17, 15) is 9.59 Å². The third kappa shape index (κ3) is 4.27. The molecule has 1 heterocycles. The fraction of sp³-hybridized carbons (Fsp3) is 0.714. The van der Waals surface area contributed by atoms with Crippen molar-refractivity contribution in [2.45, 2.75) is 45.4 Å². The zero-order chi connectivity index (χ0) is 15.2. The minimum Gasteiger partial charge on any atom is -0.481 e. The Balaban J connectivity index is 1.75. The van der Waals surface area contributed by atoms with Gasteiger partial charge in [0.15, 0.2) is 0 Å². The summed E-state index contributed by atoms with van der Waals surface area (Å²) in [6.45, 7) is 2.60. The molecule has 7 nitrogen and oxygen atoms in total. The van der Waals surface area contributed by atoms with Crippen molar-refractivity contribution in [2.24, 2.45) is 11.8 Å². The number of nitrogens with one attached hydrogen (secondary N) is 2. The van der Waals surface area contributed by atoms with E-state index in [1.165, 1.54) is 0 Å². The van der Waals surface area contributed by atoms with E-state index in [-0.39, 0.29) is 17.6 Å². The molecule has 2 rings (SSSR count). The zero-order valence-corrected chi connectivity index (χ0v) is 12.3. The van der Waals surface area contributed by atoms with Gasteiger partial charge in [0.2, 0.25) is 5.82 Å². The van der Waals surface area contributed by atoms with Gasteiger partial charge in [0.05, 0.1) is 5.92 Å². The molecule has 0 unspecified atom stereocenters. The number of H-pyrrole nitrogens is 1. The van der Waals surface area contributed by atoms with Crippen LogP contribution in [0.5, 0.6) is 0 Å². The molecule has 1 aliphatic rings. The number of hydrogen-bond donors (Lipinski definition) is 3. The summed E-state index contributed by atoms with van der Waals surface area (Å²) in [5.74, 6) is 0.0538. The highest BCUT2D eigenvalue weighted by Gasteiger charge is 2.26. The monoisotopic (exact) mass is 294 g/mol. The first-order chi connectivity index (χ1) is 10.1. The van der Waals surface area contributed by atoms with Crippen LogP contribution in [0, 0.1) is 11.8 Å². The number of carboxylic acids is 1. The van der Waals surface area contributed by atoms with E-state index >= 15 is 0 Å². The lowest BCUT2D eigenvalue weighted by Crippen LogP contribution is -2.33. The summed E-state index contributed by atoms with van der Waals surface area (Å²) in [5, 5.41) is 18.4. The molecule has 1 saturated carbocycles. The van der Waals surface area contributed by atoms with E-state index < -0.39 is 5.97 Å². The van der Waals surface area contributed by atoms with Crippen molar-refractivity contribution < 1.29 is 14.7 Å². The number of carbonyl (C=O) groups excluding carboxylic acids is 1. The van der Waals surface area contributed by atoms with E-state index in [1.807, 2.05) is 6.92 Å². The predicted molar refractivity (Wildman–Crippen MR) is 75.8 cm³/mol.